The van der Waals surface area contributed by atoms with Crippen LogP contribution in [-0.2, 0) is 13.0 Å². The molecule has 180 valence electrons. The normalized spacial score (nSPS) is 17.2. The Balaban J connectivity index is 1.51. The molecule has 0 unspecified atom stereocenters. The molecular weight excluding hydrogens is 428 g/mol. The van der Waals surface area contributed by atoms with E-state index in [0.717, 1.165) is 73.7 Å². The van der Waals surface area contributed by atoms with Crippen LogP contribution in [0, 0.1) is 0 Å². The van der Waals surface area contributed by atoms with Crippen LogP contribution in [-0.4, -0.2) is 79.4 Å². The Bertz CT molecular complexity index is 1160. The molecule has 34 heavy (non-hydrogen) atoms. The highest BCUT2D eigenvalue weighted by atomic mass is 16.5. The van der Waals surface area contributed by atoms with Crippen molar-refractivity contribution in [1.82, 2.24) is 20.2 Å². The standard InChI is InChI=1S/C26H34N6O2/c1-18(16-30(2)3)34-26-28-23-17-32(24-15-20(33)14-19-6-4-5-7-21(19)24)11-8-22(23)25(29-26)31-12-9-27-10-13-31/h4-7,14-15,18,27,33H,8-13,16-17H2,1-3H3/t18-/m1/s1. The van der Waals surface area contributed by atoms with Crippen molar-refractivity contribution >= 4 is 22.3 Å². The topological polar surface area (TPSA) is 77.0 Å². The van der Waals surface area contributed by atoms with Crippen molar-refractivity contribution in [3.8, 4) is 11.8 Å². The minimum Gasteiger partial charge on any atom is -0.508 e. The third-order valence-electron chi connectivity index (χ3n) is 6.53. The Labute approximate surface area is 201 Å². The van der Waals surface area contributed by atoms with Crippen molar-refractivity contribution < 1.29 is 9.84 Å². The van der Waals surface area contributed by atoms with Crippen LogP contribution in [0.25, 0.3) is 10.8 Å². The van der Waals surface area contributed by atoms with E-state index in [1.807, 2.05) is 44.4 Å². The second-order valence-electron chi connectivity index (χ2n) is 9.54. The van der Waals surface area contributed by atoms with Crippen LogP contribution in [0.1, 0.15) is 18.2 Å². The Kier molecular flexibility index (Phi) is 6.43. The van der Waals surface area contributed by atoms with E-state index in [2.05, 4.69) is 33.0 Å². The first-order valence-corrected chi connectivity index (χ1v) is 12.1. The number of aromatic hydroxyl groups is 1. The summed E-state index contributed by atoms with van der Waals surface area (Å²) in [5.74, 6) is 1.30. The summed E-state index contributed by atoms with van der Waals surface area (Å²) in [4.78, 5) is 16.6. The van der Waals surface area contributed by atoms with E-state index >= 15 is 0 Å². The molecule has 1 fully saturated rings. The number of nitrogens with zero attached hydrogens (tertiary/aromatic N) is 5. The van der Waals surface area contributed by atoms with Crippen LogP contribution in [0.3, 0.4) is 0 Å². The number of aromatic nitrogens is 2. The molecule has 0 spiro atoms. The minimum absolute atomic E-state index is 0.0152. The van der Waals surface area contributed by atoms with Crippen molar-refractivity contribution in [2.24, 2.45) is 0 Å². The predicted octanol–water partition coefficient (Wildman–Crippen LogP) is 2.64. The lowest BCUT2D eigenvalue weighted by atomic mass is 10.0. The molecular formula is C26H34N6O2. The number of anilines is 2. The van der Waals surface area contributed by atoms with Crippen molar-refractivity contribution in [2.45, 2.75) is 26.0 Å². The molecule has 3 heterocycles. The molecule has 8 nitrogen and oxygen atoms in total. The Morgan fingerprint density at radius 1 is 1.09 bits per heavy atom. The first kappa shape index (κ1) is 22.7. The average Bonchev–Trinajstić information content (AvgIpc) is 2.82. The van der Waals surface area contributed by atoms with Gasteiger partial charge in [0, 0.05) is 62.0 Å². The Hall–Kier alpha value is -3.10. The lowest BCUT2D eigenvalue weighted by Crippen LogP contribution is -2.45. The van der Waals surface area contributed by atoms with E-state index in [4.69, 9.17) is 14.7 Å². The summed E-state index contributed by atoms with van der Waals surface area (Å²) in [6.07, 6.45) is 0.838. The van der Waals surface area contributed by atoms with Gasteiger partial charge in [0.25, 0.3) is 0 Å². The van der Waals surface area contributed by atoms with Gasteiger partial charge in [-0.2, -0.15) is 9.97 Å². The predicted molar refractivity (Wildman–Crippen MR) is 136 cm³/mol. The summed E-state index contributed by atoms with van der Waals surface area (Å²) in [7, 11) is 4.08. The van der Waals surface area contributed by atoms with E-state index in [1.165, 1.54) is 5.56 Å². The minimum atomic E-state index is -0.0152. The molecule has 0 bridgehead atoms. The van der Waals surface area contributed by atoms with Crippen LogP contribution >= 0.6 is 0 Å². The molecule has 3 aromatic rings. The van der Waals surface area contributed by atoms with E-state index in [1.54, 1.807) is 0 Å². The first-order valence-electron chi connectivity index (χ1n) is 12.1. The van der Waals surface area contributed by atoms with Gasteiger partial charge in [0.05, 0.1) is 12.2 Å². The van der Waals surface area contributed by atoms with E-state index < -0.39 is 0 Å². The van der Waals surface area contributed by atoms with Crippen LogP contribution in [0.4, 0.5) is 11.5 Å². The van der Waals surface area contributed by atoms with Gasteiger partial charge in [0.2, 0.25) is 0 Å². The number of ether oxygens (including phenoxy) is 1. The molecule has 2 aliphatic heterocycles. The average molecular weight is 463 g/mol. The first-order chi connectivity index (χ1) is 16.5. The maximum absolute atomic E-state index is 10.4. The maximum Gasteiger partial charge on any atom is 0.318 e. The van der Waals surface area contributed by atoms with Gasteiger partial charge < -0.3 is 29.9 Å². The molecule has 8 heteroatoms. The molecule has 2 N–H and O–H groups in total. The molecule has 2 aliphatic rings. The van der Waals surface area contributed by atoms with Crippen LogP contribution in [0.15, 0.2) is 36.4 Å². The molecule has 5 rings (SSSR count). The smallest absolute Gasteiger partial charge is 0.318 e. The van der Waals surface area contributed by atoms with Gasteiger partial charge in [0.1, 0.15) is 17.7 Å². The monoisotopic (exact) mass is 462 g/mol. The van der Waals surface area contributed by atoms with E-state index in [-0.39, 0.29) is 11.9 Å². The second-order valence-corrected chi connectivity index (χ2v) is 9.54. The largest absolute Gasteiger partial charge is 0.508 e. The van der Waals surface area contributed by atoms with Crippen molar-refractivity contribution in [2.75, 3.05) is 63.2 Å². The zero-order valence-corrected chi connectivity index (χ0v) is 20.3. The molecule has 0 amide bonds. The number of fused-ring (bicyclic) bond motifs is 2. The Morgan fingerprint density at radius 2 is 1.88 bits per heavy atom. The molecule has 0 saturated carbocycles. The number of nitrogens with one attached hydrogen (secondary N) is 1. The van der Waals surface area contributed by atoms with Gasteiger partial charge in [-0.3, -0.25) is 0 Å². The zero-order chi connectivity index (χ0) is 23.7. The number of phenols is 1. The van der Waals surface area contributed by atoms with Gasteiger partial charge in [-0.25, -0.2) is 0 Å². The highest BCUT2D eigenvalue weighted by molar-refractivity contribution is 5.95. The quantitative estimate of drug-likeness (QED) is 0.579. The van der Waals surface area contributed by atoms with Gasteiger partial charge in [-0.05, 0) is 38.9 Å². The molecule has 1 atom stereocenters. The number of rotatable bonds is 6. The number of hydrogen-bond donors (Lipinski definition) is 2. The third kappa shape index (κ3) is 4.74. The number of piperazine rings is 1. The molecule has 2 aromatic carbocycles. The summed E-state index contributed by atoms with van der Waals surface area (Å²) in [6, 6.07) is 12.3. The summed E-state index contributed by atoms with van der Waals surface area (Å²) >= 11 is 0. The van der Waals surface area contributed by atoms with Crippen LogP contribution < -0.4 is 19.9 Å². The number of benzene rings is 2. The summed E-state index contributed by atoms with van der Waals surface area (Å²) < 4.78 is 6.19. The molecule has 1 saturated heterocycles. The van der Waals surface area contributed by atoms with Crippen molar-refractivity contribution in [3.63, 3.8) is 0 Å². The lowest BCUT2D eigenvalue weighted by Gasteiger charge is -2.35. The highest BCUT2D eigenvalue weighted by Crippen LogP contribution is 2.36. The molecule has 0 radical (unpaired) electrons. The summed E-state index contributed by atoms with van der Waals surface area (Å²) in [6.45, 7) is 8.11. The highest BCUT2D eigenvalue weighted by Gasteiger charge is 2.27. The molecule has 1 aromatic heterocycles. The fraction of sp³-hybridized carbons (Fsp3) is 0.462. The van der Waals surface area contributed by atoms with E-state index in [9.17, 15) is 5.11 Å². The van der Waals surface area contributed by atoms with Gasteiger partial charge >= 0.3 is 6.01 Å². The number of likely N-dealkylation sites (N-methyl/N-ethyl adjacent to an activating group) is 1. The fourth-order valence-corrected chi connectivity index (χ4v) is 5.05. The van der Waals surface area contributed by atoms with Gasteiger partial charge in [-0.15, -0.1) is 0 Å². The van der Waals surface area contributed by atoms with E-state index in [0.29, 0.717) is 12.6 Å². The fourth-order valence-electron chi connectivity index (χ4n) is 5.05. The van der Waals surface area contributed by atoms with Crippen molar-refractivity contribution in [1.29, 1.82) is 0 Å². The van der Waals surface area contributed by atoms with Crippen LogP contribution in [0.5, 0.6) is 11.8 Å². The van der Waals surface area contributed by atoms with Crippen molar-refractivity contribution in [3.05, 3.63) is 47.7 Å². The Morgan fingerprint density at radius 3 is 2.68 bits per heavy atom. The maximum atomic E-state index is 10.4. The number of phenolic OH excluding ortho intramolecular Hbond substituents is 1. The SMILES string of the molecule is C[C@H](CN(C)C)Oc1nc2c(c(N3CCNCC3)n1)CCN(c1cc(O)cc3ccccc13)C2. The summed E-state index contributed by atoms with van der Waals surface area (Å²) in [5, 5.41) is 16.0. The van der Waals surface area contributed by atoms with Crippen LogP contribution in [0.2, 0.25) is 0 Å². The van der Waals surface area contributed by atoms with Gasteiger partial charge in [0.15, 0.2) is 0 Å². The second kappa shape index (κ2) is 9.64. The van der Waals surface area contributed by atoms with Gasteiger partial charge in [-0.1, -0.05) is 24.3 Å². The third-order valence-corrected chi connectivity index (χ3v) is 6.53. The molecule has 0 aliphatic carbocycles. The number of hydrogen-bond acceptors (Lipinski definition) is 8. The lowest BCUT2D eigenvalue weighted by molar-refractivity contribution is 0.163. The summed E-state index contributed by atoms with van der Waals surface area (Å²) in [5.41, 5.74) is 3.26. The zero-order valence-electron chi connectivity index (χ0n) is 20.3.